The molecule has 2 heterocycles. The zero-order chi connectivity index (χ0) is 20.4. The summed E-state index contributed by atoms with van der Waals surface area (Å²) in [5.74, 6) is -0.0249. The predicted molar refractivity (Wildman–Crippen MR) is 113 cm³/mol. The Morgan fingerprint density at radius 3 is 2.62 bits per heavy atom. The number of fused-ring (bicyclic) bond motifs is 1. The molecule has 2 aromatic heterocycles. The fourth-order valence-corrected chi connectivity index (χ4v) is 3.71. The maximum atomic E-state index is 13.1. The van der Waals surface area contributed by atoms with E-state index in [2.05, 4.69) is 4.98 Å². The number of aromatic nitrogens is 2. The molecule has 4 rings (SSSR count). The molecule has 0 N–H and O–H groups in total. The van der Waals surface area contributed by atoms with E-state index in [-0.39, 0.29) is 11.4 Å². The third-order valence-corrected chi connectivity index (χ3v) is 5.11. The van der Waals surface area contributed by atoms with Gasteiger partial charge in [0.05, 0.1) is 27.7 Å². The molecule has 0 saturated heterocycles. The van der Waals surface area contributed by atoms with Gasteiger partial charge in [0.25, 0.3) is 5.56 Å². The zero-order valence-electron chi connectivity index (χ0n) is 14.7. The molecule has 29 heavy (non-hydrogen) atoms. The van der Waals surface area contributed by atoms with E-state index < -0.39 is 4.92 Å². The summed E-state index contributed by atoms with van der Waals surface area (Å²) < 4.78 is 6.55. The van der Waals surface area contributed by atoms with Crippen LogP contribution in [0.1, 0.15) is 5.76 Å². The fourth-order valence-electron chi connectivity index (χ4n) is 2.73. The van der Waals surface area contributed by atoms with E-state index in [9.17, 15) is 14.9 Å². The van der Waals surface area contributed by atoms with Crippen molar-refractivity contribution in [2.45, 2.75) is 5.16 Å². The Kier molecular flexibility index (Phi) is 5.20. The van der Waals surface area contributed by atoms with Crippen LogP contribution in [0.15, 0.2) is 80.4 Å². The largest absolute Gasteiger partial charge is 0.433 e. The lowest BCUT2D eigenvalue weighted by atomic mass is 10.2. The van der Waals surface area contributed by atoms with Crippen molar-refractivity contribution >= 4 is 46.2 Å². The molecular weight excluding hydrogens is 414 g/mol. The molecule has 2 aromatic carbocycles. The lowest BCUT2D eigenvalue weighted by Gasteiger charge is -2.13. The summed E-state index contributed by atoms with van der Waals surface area (Å²) in [5, 5.41) is 13.7. The molecule has 9 heteroatoms. The van der Waals surface area contributed by atoms with Gasteiger partial charge in [-0.1, -0.05) is 47.6 Å². The Morgan fingerprint density at radius 1 is 1.10 bits per heavy atom. The summed E-state index contributed by atoms with van der Waals surface area (Å²) in [6, 6.07) is 16.8. The third-order valence-electron chi connectivity index (χ3n) is 4.04. The summed E-state index contributed by atoms with van der Waals surface area (Å²) in [7, 11) is 0. The second-order valence-corrected chi connectivity index (χ2v) is 7.14. The summed E-state index contributed by atoms with van der Waals surface area (Å²) in [4.78, 5) is 27.9. The number of rotatable bonds is 5. The molecule has 144 valence electrons. The van der Waals surface area contributed by atoms with E-state index in [4.69, 9.17) is 16.0 Å². The number of furan rings is 1. The Morgan fingerprint density at radius 2 is 1.86 bits per heavy atom. The first-order valence-electron chi connectivity index (χ1n) is 8.39. The highest BCUT2D eigenvalue weighted by molar-refractivity contribution is 8.02. The predicted octanol–water partition coefficient (Wildman–Crippen LogP) is 5.30. The van der Waals surface area contributed by atoms with Crippen LogP contribution in [0.25, 0.3) is 22.7 Å². The highest BCUT2D eigenvalue weighted by Crippen LogP contribution is 2.27. The van der Waals surface area contributed by atoms with Gasteiger partial charge in [-0.15, -0.1) is 0 Å². The Bertz CT molecular complexity index is 1310. The van der Waals surface area contributed by atoms with E-state index in [0.29, 0.717) is 32.5 Å². The maximum Gasteiger partial charge on any atom is 0.433 e. The second kappa shape index (κ2) is 7.94. The number of thioether (sulfide) groups is 1. The normalized spacial score (nSPS) is 11.3. The van der Waals surface area contributed by atoms with E-state index in [1.807, 2.05) is 0 Å². The van der Waals surface area contributed by atoms with E-state index in [0.717, 1.165) is 0 Å². The van der Waals surface area contributed by atoms with Gasteiger partial charge in [-0.25, -0.2) is 4.98 Å². The Labute approximate surface area is 173 Å². The quantitative estimate of drug-likeness (QED) is 0.186. The Balaban J connectivity index is 1.79. The van der Waals surface area contributed by atoms with Crippen LogP contribution in [0.2, 0.25) is 5.02 Å². The van der Waals surface area contributed by atoms with Crippen LogP contribution in [0.3, 0.4) is 0 Å². The molecule has 0 aliphatic rings. The van der Waals surface area contributed by atoms with E-state index in [1.165, 1.54) is 28.5 Å². The van der Waals surface area contributed by atoms with Crippen molar-refractivity contribution in [2.24, 2.45) is 0 Å². The van der Waals surface area contributed by atoms with Crippen LogP contribution in [0.4, 0.5) is 5.88 Å². The molecule has 0 aliphatic carbocycles. The molecule has 0 aliphatic heterocycles. The standard InChI is InChI=1S/C20H12ClN3O4S/c21-15-6-2-4-8-17(15)23-19(25)14-5-1-3-7-16(14)22-20(23)29-12-11-13-9-10-18(28-13)24(26)27/h1-12H/b12-11+. The number of nitrogens with zero attached hydrogens (tertiary/aromatic N) is 3. The van der Waals surface area contributed by atoms with Crippen molar-refractivity contribution in [2.75, 3.05) is 0 Å². The van der Waals surface area contributed by atoms with Gasteiger partial charge in [0.1, 0.15) is 10.7 Å². The van der Waals surface area contributed by atoms with Crippen molar-refractivity contribution in [3.63, 3.8) is 0 Å². The smallest absolute Gasteiger partial charge is 0.401 e. The molecule has 0 radical (unpaired) electrons. The highest BCUT2D eigenvalue weighted by Gasteiger charge is 2.15. The minimum atomic E-state index is -0.607. The molecular formula is C20H12ClN3O4S. The van der Waals surface area contributed by atoms with Crippen molar-refractivity contribution in [1.29, 1.82) is 0 Å². The van der Waals surface area contributed by atoms with Crippen LogP contribution >= 0.6 is 23.4 Å². The first-order chi connectivity index (χ1) is 14.0. The van der Waals surface area contributed by atoms with Gasteiger partial charge in [-0.05, 0) is 41.8 Å². The highest BCUT2D eigenvalue weighted by atomic mass is 35.5. The summed E-state index contributed by atoms with van der Waals surface area (Å²) in [6.07, 6.45) is 1.57. The SMILES string of the molecule is O=c1c2ccccc2nc(S/C=C/c2ccc([N+](=O)[O-])o2)n1-c1ccccc1Cl. The molecule has 0 spiro atoms. The molecule has 0 fully saturated rings. The van der Waals surface area contributed by atoms with E-state index in [1.54, 1.807) is 60.0 Å². The van der Waals surface area contributed by atoms with Crippen LogP contribution in [0.5, 0.6) is 0 Å². The van der Waals surface area contributed by atoms with Crippen LogP contribution in [0, 0.1) is 10.1 Å². The molecule has 0 unspecified atom stereocenters. The van der Waals surface area contributed by atoms with Gasteiger partial charge in [0, 0.05) is 0 Å². The fraction of sp³-hybridized carbons (Fsp3) is 0. The average molecular weight is 426 g/mol. The summed E-state index contributed by atoms with van der Waals surface area (Å²) >= 11 is 7.50. The van der Waals surface area contributed by atoms with Crippen molar-refractivity contribution in [3.8, 4) is 5.69 Å². The molecule has 0 amide bonds. The average Bonchev–Trinajstić information content (AvgIpc) is 3.19. The topological polar surface area (TPSA) is 91.2 Å². The van der Waals surface area contributed by atoms with Crippen molar-refractivity contribution < 1.29 is 9.34 Å². The Hall–Kier alpha value is -3.36. The zero-order valence-corrected chi connectivity index (χ0v) is 16.3. The number of hydrogen-bond acceptors (Lipinski definition) is 6. The number of para-hydroxylation sites is 2. The van der Waals surface area contributed by atoms with Gasteiger partial charge in [-0.3, -0.25) is 19.5 Å². The van der Waals surface area contributed by atoms with Gasteiger partial charge in [0.2, 0.25) is 0 Å². The van der Waals surface area contributed by atoms with Gasteiger partial charge in [0.15, 0.2) is 5.16 Å². The number of nitro groups is 1. The van der Waals surface area contributed by atoms with Crippen LogP contribution in [-0.4, -0.2) is 14.5 Å². The monoisotopic (exact) mass is 425 g/mol. The minimum Gasteiger partial charge on any atom is -0.401 e. The van der Waals surface area contributed by atoms with Gasteiger partial charge in [-0.2, -0.15) is 0 Å². The molecule has 0 atom stereocenters. The third kappa shape index (κ3) is 3.80. The first kappa shape index (κ1) is 19.0. The molecule has 0 saturated carbocycles. The van der Waals surface area contributed by atoms with Crippen LogP contribution in [-0.2, 0) is 0 Å². The number of halogens is 1. The first-order valence-corrected chi connectivity index (χ1v) is 9.64. The van der Waals surface area contributed by atoms with Gasteiger partial charge >= 0.3 is 5.88 Å². The van der Waals surface area contributed by atoms with Crippen molar-refractivity contribution in [1.82, 2.24) is 9.55 Å². The number of hydrogen-bond donors (Lipinski definition) is 0. The van der Waals surface area contributed by atoms with Crippen LogP contribution < -0.4 is 5.56 Å². The summed E-state index contributed by atoms with van der Waals surface area (Å²) in [6.45, 7) is 0. The lowest BCUT2D eigenvalue weighted by Crippen LogP contribution is -2.21. The lowest BCUT2D eigenvalue weighted by molar-refractivity contribution is -0.402. The molecule has 0 bridgehead atoms. The van der Waals surface area contributed by atoms with Gasteiger partial charge < -0.3 is 4.42 Å². The molecule has 4 aromatic rings. The maximum absolute atomic E-state index is 13.1. The van der Waals surface area contributed by atoms with Crippen molar-refractivity contribution in [3.05, 3.63) is 97.3 Å². The number of benzene rings is 2. The van der Waals surface area contributed by atoms with E-state index >= 15 is 0 Å². The summed E-state index contributed by atoms with van der Waals surface area (Å²) in [5.41, 5.74) is 0.834. The second-order valence-electron chi connectivity index (χ2n) is 5.86. The molecule has 7 nitrogen and oxygen atoms in total. The minimum absolute atomic E-state index is 0.242.